The zero-order chi connectivity index (χ0) is 46.1. The Morgan fingerprint density at radius 3 is 2.27 bits per heavy atom. The molecule has 1 saturated heterocycles. The standard InChI is InChI=1S/C47H84N2O13/c1-13-40(58-37(10)55-15-3)35(8)45-41(59-45)30-32(5)18-17-19-33(6)44-34(7)20-21-42(60-46(51)49-25-27-53-29-28-52-26-24-48)47(12,62-38(11)56-16-4)23-22-39(31-43(50)61-44)57-36(9)54-14-2/h17-21,32,34-42,44-45H,13-16,22-31,48H2,1-12H3,(H,49,51)/b18-17+,21-20+,33-19+/t32-,34+,35-,36?,37?,38?,39-,40+,41-,42+,44-,45-,47-/m1/s1. The van der Waals surface area contributed by atoms with Crippen molar-refractivity contribution in [1.29, 1.82) is 0 Å². The number of alkyl carbamates (subject to hydrolysis) is 1. The minimum Gasteiger partial charge on any atom is -0.457 e. The lowest BCUT2D eigenvalue weighted by Crippen LogP contribution is -2.48. The fourth-order valence-corrected chi connectivity index (χ4v) is 7.72. The molecular formula is C47H84N2O13. The third-order valence-electron chi connectivity index (χ3n) is 11.0. The number of cyclic esters (lactones) is 1. The van der Waals surface area contributed by atoms with Crippen LogP contribution >= 0.6 is 0 Å². The van der Waals surface area contributed by atoms with Crippen molar-refractivity contribution in [1.82, 2.24) is 5.32 Å². The molecule has 360 valence electrons. The minimum absolute atomic E-state index is 0.0136. The normalized spacial score (nSPS) is 28.5. The number of hydrogen-bond acceptors (Lipinski definition) is 14. The molecule has 0 aromatic carbocycles. The van der Waals surface area contributed by atoms with Gasteiger partial charge in [-0.2, -0.15) is 0 Å². The predicted molar refractivity (Wildman–Crippen MR) is 238 cm³/mol. The van der Waals surface area contributed by atoms with E-state index in [2.05, 4.69) is 32.2 Å². The molecule has 0 radical (unpaired) electrons. The van der Waals surface area contributed by atoms with E-state index in [4.69, 9.17) is 57.8 Å². The van der Waals surface area contributed by atoms with Gasteiger partial charge in [0.1, 0.15) is 11.7 Å². The first-order valence-electron chi connectivity index (χ1n) is 23.1. The first kappa shape index (κ1) is 55.7. The number of allylic oxidation sites excluding steroid dienone is 3. The second kappa shape index (κ2) is 30.7. The monoisotopic (exact) mass is 885 g/mol. The quantitative estimate of drug-likeness (QED) is 0.0190. The zero-order valence-electron chi connectivity index (χ0n) is 40.1. The van der Waals surface area contributed by atoms with E-state index in [0.717, 1.165) is 18.4 Å². The van der Waals surface area contributed by atoms with E-state index in [1.807, 2.05) is 79.7 Å². The van der Waals surface area contributed by atoms with Crippen LogP contribution in [0, 0.1) is 17.8 Å². The third-order valence-corrected chi connectivity index (χ3v) is 11.0. The van der Waals surface area contributed by atoms with Gasteiger partial charge in [-0.1, -0.05) is 52.0 Å². The van der Waals surface area contributed by atoms with Gasteiger partial charge in [-0.05, 0) is 98.6 Å². The number of rotatable bonds is 29. The fraction of sp³-hybridized carbons (Fsp3) is 0.830. The van der Waals surface area contributed by atoms with Crippen molar-refractivity contribution in [3.05, 3.63) is 36.0 Å². The second-order valence-electron chi connectivity index (χ2n) is 16.5. The molecule has 2 aliphatic heterocycles. The number of ether oxygens (including phenoxy) is 11. The molecule has 0 aromatic heterocycles. The molecule has 0 aromatic rings. The van der Waals surface area contributed by atoms with Gasteiger partial charge >= 0.3 is 12.1 Å². The van der Waals surface area contributed by atoms with Crippen LogP contribution in [0.1, 0.15) is 115 Å². The van der Waals surface area contributed by atoms with Crippen LogP contribution < -0.4 is 11.1 Å². The molecule has 15 nitrogen and oxygen atoms in total. The van der Waals surface area contributed by atoms with Crippen LogP contribution in [-0.4, -0.2) is 132 Å². The Kier molecular flexibility index (Phi) is 27.5. The largest absolute Gasteiger partial charge is 0.457 e. The van der Waals surface area contributed by atoms with E-state index in [0.29, 0.717) is 59.0 Å². The van der Waals surface area contributed by atoms with E-state index in [9.17, 15) is 9.59 Å². The topological polar surface area (TPSA) is 177 Å². The van der Waals surface area contributed by atoms with Gasteiger partial charge in [0, 0.05) is 44.7 Å². The molecule has 2 heterocycles. The van der Waals surface area contributed by atoms with Crippen LogP contribution in [0.15, 0.2) is 36.0 Å². The molecule has 3 unspecified atom stereocenters. The van der Waals surface area contributed by atoms with Gasteiger partial charge in [0.15, 0.2) is 25.0 Å². The lowest BCUT2D eigenvalue weighted by molar-refractivity contribution is -0.224. The highest BCUT2D eigenvalue weighted by atomic mass is 16.7. The van der Waals surface area contributed by atoms with E-state index < -0.39 is 48.6 Å². The number of esters is 1. The van der Waals surface area contributed by atoms with Crippen molar-refractivity contribution in [3.63, 3.8) is 0 Å². The number of nitrogens with one attached hydrogen (secondary N) is 1. The molecule has 0 bridgehead atoms. The van der Waals surface area contributed by atoms with Crippen LogP contribution in [0.4, 0.5) is 4.79 Å². The SMILES string of the molecule is CCOC(C)O[C@@H]1CC[C@@](C)(OC(C)OCC)[C@@H](OC(=O)NCCOCCOCCN)/C=C/[C@H](C)[C@@H](/C(C)=C/C=C/[C@@H](C)C[C@H]2O[C@@H]2[C@H](C)[C@H](CC)OC(C)OCC)OC(=O)C1. The molecule has 2 rings (SSSR count). The maximum Gasteiger partial charge on any atom is 0.407 e. The first-order valence-corrected chi connectivity index (χ1v) is 23.1. The van der Waals surface area contributed by atoms with Crippen LogP contribution in [0.5, 0.6) is 0 Å². The van der Waals surface area contributed by atoms with Gasteiger partial charge < -0.3 is 63.2 Å². The number of carbonyl (C=O) groups excluding carboxylic acids is 2. The molecule has 1 fully saturated rings. The summed E-state index contributed by atoms with van der Waals surface area (Å²) in [5.41, 5.74) is 5.22. The zero-order valence-corrected chi connectivity index (χ0v) is 40.1. The Hall–Kier alpha value is -2.44. The Balaban J connectivity index is 2.33. The lowest BCUT2D eigenvalue weighted by Gasteiger charge is -2.39. The number of epoxide rings is 1. The smallest absolute Gasteiger partial charge is 0.407 e. The van der Waals surface area contributed by atoms with Gasteiger partial charge in [-0.25, -0.2) is 4.79 Å². The van der Waals surface area contributed by atoms with Crippen molar-refractivity contribution >= 4 is 12.1 Å². The van der Waals surface area contributed by atoms with Gasteiger partial charge in [-0.3, -0.25) is 4.79 Å². The van der Waals surface area contributed by atoms with E-state index in [-0.39, 0.29) is 61.9 Å². The predicted octanol–water partition coefficient (Wildman–Crippen LogP) is 7.40. The van der Waals surface area contributed by atoms with Crippen molar-refractivity contribution in [2.45, 2.75) is 176 Å². The lowest BCUT2D eigenvalue weighted by atomic mass is 9.88. The van der Waals surface area contributed by atoms with Crippen molar-refractivity contribution in [2.24, 2.45) is 23.5 Å². The van der Waals surface area contributed by atoms with Gasteiger partial charge in [0.2, 0.25) is 0 Å². The highest BCUT2D eigenvalue weighted by molar-refractivity contribution is 5.70. The summed E-state index contributed by atoms with van der Waals surface area (Å²) < 4.78 is 65.5. The number of carbonyl (C=O) groups is 2. The first-order chi connectivity index (χ1) is 29.6. The number of hydrogen-bond donors (Lipinski definition) is 2. The Bertz CT molecular complexity index is 1330. The molecule has 3 N–H and O–H groups in total. The molecule has 0 spiro atoms. The fourth-order valence-electron chi connectivity index (χ4n) is 7.72. The Morgan fingerprint density at radius 1 is 0.952 bits per heavy atom. The highest BCUT2D eigenvalue weighted by Crippen LogP contribution is 2.38. The Labute approximate surface area is 373 Å². The second-order valence-corrected chi connectivity index (χ2v) is 16.5. The summed E-state index contributed by atoms with van der Waals surface area (Å²) in [5, 5.41) is 2.79. The number of nitrogens with two attached hydrogens (primary N) is 1. The Morgan fingerprint density at radius 2 is 1.61 bits per heavy atom. The average molecular weight is 885 g/mol. The van der Waals surface area contributed by atoms with E-state index in [1.165, 1.54) is 0 Å². The van der Waals surface area contributed by atoms with Crippen molar-refractivity contribution in [2.75, 3.05) is 59.3 Å². The maximum atomic E-state index is 13.7. The molecule has 2 aliphatic rings. The summed E-state index contributed by atoms with van der Waals surface area (Å²) in [5.74, 6) is -0.218. The molecule has 0 aliphatic carbocycles. The summed E-state index contributed by atoms with van der Waals surface area (Å²) in [6.07, 6.45) is 8.59. The summed E-state index contributed by atoms with van der Waals surface area (Å²) in [7, 11) is 0. The molecule has 0 saturated carbocycles. The van der Waals surface area contributed by atoms with Crippen LogP contribution in [0.2, 0.25) is 0 Å². The van der Waals surface area contributed by atoms with Gasteiger partial charge in [0.05, 0.1) is 57.3 Å². The van der Waals surface area contributed by atoms with Crippen LogP contribution in [0.25, 0.3) is 0 Å². The third kappa shape index (κ3) is 21.5. The van der Waals surface area contributed by atoms with Gasteiger partial charge in [0.25, 0.3) is 0 Å². The minimum atomic E-state index is -1.09. The van der Waals surface area contributed by atoms with E-state index in [1.54, 1.807) is 6.92 Å². The molecule has 13 atom stereocenters. The molecule has 15 heteroatoms. The van der Waals surface area contributed by atoms with Crippen molar-refractivity contribution < 1.29 is 61.7 Å². The molecule has 1 amide bonds. The van der Waals surface area contributed by atoms with Crippen LogP contribution in [-0.2, 0) is 56.9 Å². The van der Waals surface area contributed by atoms with E-state index >= 15 is 0 Å². The molecular weight excluding hydrogens is 801 g/mol. The summed E-state index contributed by atoms with van der Waals surface area (Å²) >= 11 is 0. The average Bonchev–Trinajstić information content (AvgIpc) is 3.98. The maximum absolute atomic E-state index is 13.7. The molecule has 62 heavy (non-hydrogen) atoms. The van der Waals surface area contributed by atoms with Gasteiger partial charge in [-0.15, -0.1) is 0 Å². The summed E-state index contributed by atoms with van der Waals surface area (Å²) in [6.45, 7) is 27.3. The highest BCUT2D eigenvalue weighted by Gasteiger charge is 2.46. The summed E-state index contributed by atoms with van der Waals surface area (Å²) in [6, 6.07) is 0. The number of amides is 1. The van der Waals surface area contributed by atoms with Crippen molar-refractivity contribution in [3.8, 4) is 0 Å². The van der Waals surface area contributed by atoms with Crippen LogP contribution in [0.3, 0.4) is 0 Å². The summed E-state index contributed by atoms with van der Waals surface area (Å²) in [4.78, 5) is 27.1.